The molecule has 0 saturated carbocycles. The Morgan fingerprint density at radius 1 is 0.944 bits per heavy atom. The van der Waals surface area contributed by atoms with Gasteiger partial charge in [-0.3, -0.25) is 0 Å². The predicted octanol–water partition coefficient (Wildman–Crippen LogP) is 3.42. The molecule has 0 aliphatic heterocycles. The minimum absolute atomic E-state index is 0.274. The standard InChI is InChI=1S/C16H18O2/c1-12-7-6-8-13(2)16(12)18-11-15(17)14-9-4-3-5-10-14/h3-10,15,17H,11H2,1-2H3/t15-/m1/s1. The van der Waals surface area contributed by atoms with Crippen LogP contribution in [0.1, 0.15) is 22.8 Å². The number of aryl methyl sites for hydroxylation is 2. The van der Waals surface area contributed by atoms with E-state index in [2.05, 4.69) is 0 Å². The molecule has 1 N–H and O–H groups in total. The molecule has 0 aliphatic rings. The van der Waals surface area contributed by atoms with E-state index in [0.29, 0.717) is 0 Å². The summed E-state index contributed by atoms with van der Waals surface area (Å²) in [7, 11) is 0. The van der Waals surface area contributed by atoms with Crippen LogP contribution in [-0.4, -0.2) is 11.7 Å². The molecule has 1 atom stereocenters. The average Bonchev–Trinajstić information content (AvgIpc) is 2.39. The monoisotopic (exact) mass is 242 g/mol. The fourth-order valence-corrected chi connectivity index (χ4v) is 1.96. The van der Waals surface area contributed by atoms with E-state index in [0.717, 1.165) is 22.4 Å². The van der Waals surface area contributed by atoms with Crippen molar-refractivity contribution < 1.29 is 9.84 Å². The predicted molar refractivity (Wildman–Crippen MR) is 72.8 cm³/mol. The van der Waals surface area contributed by atoms with E-state index >= 15 is 0 Å². The molecule has 0 radical (unpaired) electrons. The maximum absolute atomic E-state index is 10.0. The molecule has 0 bridgehead atoms. The van der Waals surface area contributed by atoms with E-state index < -0.39 is 6.10 Å². The van der Waals surface area contributed by atoms with Crippen molar-refractivity contribution in [3.63, 3.8) is 0 Å². The molecule has 0 spiro atoms. The van der Waals surface area contributed by atoms with Gasteiger partial charge in [0.2, 0.25) is 0 Å². The molecule has 2 rings (SSSR count). The Balaban J connectivity index is 2.04. The normalized spacial score (nSPS) is 12.2. The molecular weight excluding hydrogens is 224 g/mol. The van der Waals surface area contributed by atoms with Crippen molar-refractivity contribution in [1.29, 1.82) is 0 Å². The lowest BCUT2D eigenvalue weighted by Crippen LogP contribution is -2.10. The highest BCUT2D eigenvalue weighted by Crippen LogP contribution is 2.24. The number of hydrogen-bond donors (Lipinski definition) is 1. The zero-order valence-corrected chi connectivity index (χ0v) is 10.8. The van der Waals surface area contributed by atoms with Crippen molar-refractivity contribution >= 4 is 0 Å². The van der Waals surface area contributed by atoms with Gasteiger partial charge in [-0.25, -0.2) is 0 Å². The first kappa shape index (κ1) is 12.7. The fourth-order valence-electron chi connectivity index (χ4n) is 1.96. The Morgan fingerprint density at radius 2 is 1.56 bits per heavy atom. The van der Waals surface area contributed by atoms with E-state index in [1.165, 1.54) is 0 Å². The summed E-state index contributed by atoms with van der Waals surface area (Å²) in [5, 5.41) is 10.0. The van der Waals surface area contributed by atoms with Crippen molar-refractivity contribution in [2.75, 3.05) is 6.61 Å². The Morgan fingerprint density at radius 3 is 2.17 bits per heavy atom. The summed E-state index contributed by atoms with van der Waals surface area (Å²) < 4.78 is 5.73. The number of hydrogen-bond acceptors (Lipinski definition) is 2. The first-order valence-corrected chi connectivity index (χ1v) is 6.10. The van der Waals surface area contributed by atoms with Crippen LogP contribution in [0, 0.1) is 13.8 Å². The van der Waals surface area contributed by atoms with Crippen LogP contribution in [0.3, 0.4) is 0 Å². The summed E-state index contributed by atoms with van der Waals surface area (Å²) in [6.45, 7) is 4.30. The topological polar surface area (TPSA) is 29.5 Å². The first-order chi connectivity index (χ1) is 8.68. The minimum Gasteiger partial charge on any atom is -0.490 e. The lowest BCUT2D eigenvalue weighted by atomic mass is 10.1. The summed E-state index contributed by atoms with van der Waals surface area (Å²) >= 11 is 0. The van der Waals surface area contributed by atoms with Crippen LogP contribution in [0.4, 0.5) is 0 Å². The lowest BCUT2D eigenvalue weighted by Gasteiger charge is -2.15. The maximum atomic E-state index is 10.0. The van der Waals surface area contributed by atoms with Gasteiger partial charge in [0.1, 0.15) is 18.5 Å². The van der Waals surface area contributed by atoms with Crippen LogP contribution in [0.5, 0.6) is 5.75 Å². The molecular formula is C16H18O2. The molecule has 0 aliphatic carbocycles. The van der Waals surface area contributed by atoms with Crippen molar-refractivity contribution in [3.8, 4) is 5.75 Å². The molecule has 0 aromatic heterocycles. The van der Waals surface area contributed by atoms with E-state index in [1.54, 1.807) is 0 Å². The third-order valence-electron chi connectivity index (χ3n) is 2.98. The number of aliphatic hydroxyl groups excluding tert-OH is 1. The van der Waals surface area contributed by atoms with Crippen LogP contribution in [-0.2, 0) is 0 Å². The second kappa shape index (κ2) is 5.69. The molecule has 0 heterocycles. The fraction of sp³-hybridized carbons (Fsp3) is 0.250. The summed E-state index contributed by atoms with van der Waals surface area (Å²) in [5.74, 6) is 0.868. The van der Waals surface area contributed by atoms with Gasteiger partial charge in [0.15, 0.2) is 0 Å². The molecule has 0 amide bonds. The number of para-hydroxylation sites is 1. The zero-order chi connectivity index (χ0) is 13.0. The molecule has 2 nitrogen and oxygen atoms in total. The molecule has 18 heavy (non-hydrogen) atoms. The van der Waals surface area contributed by atoms with Crippen LogP contribution in [0.25, 0.3) is 0 Å². The highest BCUT2D eigenvalue weighted by Gasteiger charge is 2.09. The highest BCUT2D eigenvalue weighted by atomic mass is 16.5. The highest BCUT2D eigenvalue weighted by molar-refractivity contribution is 5.39. The van der Waals surface area contributed by atoms with Gasteiger partial charge in [-0.2, -0.15) is 0 Å². The minimum atomic E-state index is -0.592. The molecule has 2 aromatic rings. The first-order valence-electron chi connectivity index (χ1n) is 6.10. The Bertz CT molecular complexity index is 486. The molecule has 0 fully saturated rings. The van der Waals surface area contributed by atoms with Gasteiger partial charge in [-0.05, 0) is 30.5 Å². The van der Waals surface area contributed by atoms with Crippen molar-refractivity contribution in [3.05, 3.63) is 65.2 Å². The van der Waals surface area contributed by atoms with Crippen LogP contribution in [0.15, 0.2) is 48.5 Å². The molecule has 2 heteroatoms. The van der Waals surface area contributed by atoms with Gasteiger partial charge >= 0.3 is 0 Å². The zero-order valence-electron chi connectivity index (χ0n) is 10.8. The number of rotatable bonds is 4. The third kappa shape index (κ3) is 2.90. The van der Waals surface area contributed by atoms with Crippen molar-refractivity contribution in [1.82, 2.24) is 0 Å². The van der Waals surface area contributed by atoms with Crippen LogP contribution in [0.2, 0.25) is 0 Å². The molecule has 0 saturated heterocycles. The second-order valence-corrected chi connectivity index (χ2v) is 4.46. The average molecular weight is 242 g/mol. The summed E-state index contributed by atoms with van der Waals surface area (Å²) in [4.78, 5) is 0. The summed E-state index contributed by atoms with van der Waals surface area (Å²) in [6.07, 6.45) is -0.592. The maximum Gasteiger partial charge on any atom is 0.125 e. The number of ether oxygens (including phenoxy) is 1. The number of benzene rings is 2. The van der Waals surface area contributed by atoms with Gasteiger partial charge < -0.3 is 9.84 Å². The quantitative estimate of drug-likeness (QED) is 0.890. The third-order valence-corrected chi connectivity index (χ3v) is 2.98. The van der Waals surface area contributed by atoms with Gasteiger partial charge in [0, 0.05) is 0 Å². The van der Waals surface area contributed by atoms with Crippen molar-refractivity contribution in [2.45, 2.75) is 20.0 Å². The van der Waals surface area contributed by atoms with Crippen molar-refractivity contribution in [2.24, 2.45) is 0 Å². The summed E-state index contributed by atoms with van der Waals surface area (Å²) in [6, 6.07) is 15.6. The van der Waals surface area contributed by atoms with Gasteiger partial charge in [0.25, 0.3) is 0 Å². The molecule has 94 valence electrons. The lowest BCUT2D eigenvalue weighted by molar-refractivity contribution is 0.107. The van der Waals surface area contributed by atoms with Gasteiger partial charge in [0.05, 0.1) is 0 Å². The van der Waals surface area contributed by atoms with E-state index in [1.807, 2.05) is 62.4 Å². The SMILES string of the molecule is Cc1cccc(C)c1OC[C@@H](O)c1ccccc1. The van der Waals surface area contributed by atoms with Crippen LogP contribution >= 0.6 is 0 Å². The van der Waals surface area contributed by atoms with E-state index in [9.17, 15) is 5.11 Å². The van der Waals surface area contributed by atoms with Crippen LogP contribution < -0.4 is 4.74 Å². The number of aliphatic hydroxyl groups is 1. The Labute approximate surface area is 108 Å². The Kier molecular flexibility index (Phi) is 4.00. The second-order valence-electron chi connectivity index (χ2n) is 4.46. The molecule has 0 unspecified atom stereocenters. The molecule has 2 aromatic carbocycles. The van der Waals surface area contributed by atoms with E-state index in [-0.39, 0.29) is 6.61 Å². The summed E-state index contributed by atoms with van der Waals surface area (Å²) in [5.41, 5.74) is 3.06. The largest absolute Gasteiger partial charge is 0.490 e. The van der Waals surface area contributed by atoms with Gasteiger partial charge in [-0.15, -0.1) is 0 Å². The van der Waals surface area contributed by atoms with E-state index in [4.69, 9.17) is 4.74 Å². The Hall–Kier alpha value is -1.80. The smallest absolute Gasteiger partial charge is 0.125 e. The van der Waals surface area contributed by atoms with Gasteiger partial charge in [-0.1, -0.05) is 48.5 Å².